The third kappa shape index (κ3) is 3.96. The lowest BCUT2D eigenvalue weighted by atomic mass is 9.96. The van der Waals surface area contributed by atoms with E-state index in [1.165, 1.54) is 12.8 Å². The number of hydrogen-bond acceptors (Lipinski definition) is 3. The Bertz CT molecular complexity index is 836. The van der Waals surface area contributed by atoms with E-state index >= 15 is 0 Å². The van der Waals surface area contributed by atoms with Gasteiger partial charge in [-0.15, -0.1) is 0 Å². The summed E-state index contributed by atoms with van der Waals surface area (Å²) in [5, 5.41) is 7.49. The molecular weight excluding hydrogens is 352 g/mol. The summed E-state index contributed by atoms with van der Waals surface area (Å²) in [6.07, 6.45) is 8.08. The number of anilines is 1. The van der Waals surface area contributed by atoms with Gasteiger partial charge in [0, 0.05) is 24.7 Å². The molecule has 0 bridgehead atoms. The van der Waals surface area contributed by atoms with E-state index in [0.29, 0.717) is 24.7 Å². The second kappa shape index (κ2) is 8.17. The van der Waals surface area contributed by atoms with Gasteiger partial charge in [-0.1, -0.05) is 30.5 Å². The van der Waals surface area contributed by atoms with Crippen molar-refractivity contribution in [2.24, 2.45) is 5.92 Å². The topological polar surface area (TPSA) is 67.2 Å². The Labute approximate surface area is 165 Å². The summed E-state index contributed by atoms with van der Waals surface area (Å²) >= 11 is 0. The molecule has 0 radical (unpaired) electrons. The van der Waals surface area contributed by atoms with Gasteiger partial charge in [-0.2, -0.15) is 5.10 Å². The highest BCUT2D eigenvalue weighted by Gasteiger charge is 2.30. The fraction of sp³-hybridized carbons (Fsp3) is 0.500. The normalized spacial score (nSPS) is 20.3. The number of piperidine rings is 1. The van der Waals surface area contributed by atoms with Crippen LogP contribution in [-0.2, 0) is 4.79 Å². The molecule has 4 rings (SSSR count). The van der Waals surface area contributed by atoms with E-state index in [4.69, 9.17) is 0 Å². The molecule has 2 aromatic rings. The number of aromatic nitrogens is 2. The van der Waals surface area contributed by atoms with Crippen LogP contribution in [0.25, 0.3) is 0 Å². The maximum Gasteiger partial charge on any atom is 0.253 e. The fourth-order valence-corrected chi connectivity index (χ4v) is 4.34. The molecule has 1 aromatic carbocycles. The molecule has 148 valence electrons. The molecule has 1 saturated heterocycles. The van der Waals surface area contributed by atoms with Crippen molar-refractivity contribution in [1.29, 1.82) is 0 Å². The molecule has 1 saturated carbocycles. The van der Waals surface area contributed by atoms with Crippen LogP contribution in [0.15, 0.2) is 36.5 Å². The van der Waals surface area contributed by atoms with E-state index in [1.807, 2.05) is 46.8 Å². The van der Waals surface area contributed by atoms with Gasteiger partial charge >= 0.3 is 0 Å². The Morgan fingerprint density at radius 3 is 2.54 bits per heavy atom. The molecule has 1 N–H and O–H groups in total. The second-order valence-corrected chi connectivity index (χ2v) is 8.04. The number of amides is 2. The molecule has 2 fully saturated rings. The highest BCUT2D eigenvalue weighted by molar-refractivity contribution is 5.96. The zero-order valence-electron chi connectivity index (χ0n) is 16.4. The number of hydrogen-bond donors (Lipinski definition) is 1. The Balaban J connectivity index is 1.40. The lowest BCUT2D eigenvalue weighted by molar-refractivity contribution is -0.121. The Kier molecular flexibility index (Phi) is 5.46. The Morgan fingerprint density at radius 1 is 1.04 bits per heavy atom. The first-order valence-corrected chi connectivity index (χ1v) is 10.3. The first-order chi connectivity index (χ1) is 13.6. The average molecular weight is 380 g/mol. The Morgan fingerprint density at radius 2 is 1.79 bits per heavy atom. The minimum atomic E-state index is -0.185. The van der Waals surface area contributed by atoms with Gasteiger partial charge in [0.15, 0.2) is 0 Å². The number of rotatable bonds is 4. The van der Waals surface area contributed by atoms with Gasteiger partial charge in [0.25, 0.3) is 5.91 Å². The van der Waals surface area contributed by atoms with Crippen LogP contribution in [0.1, 0.15) is 60.5 Å². The molecule has 2 amide bonds. The van der Waals surface area contributed by atoms with E-state index in [9.17, 15) is 9.59 Å². The third-order valence-corrected chi connectivity index (χ3v) is 5.97. The third-order valence-electron chi connectivity index (χ3n) is 5.97. The van der Waals surface area contributed by atoms with Crippen molar-refractivity contribution >= 4 is 17.6 Å². The van der Waals surface area contributed by atoms with E-state index in [2.05, 4.69) is 10.4 Å². The minimum absolute atomic E-state index is 0.00787. The van der Waals surface area contributed by atoms with Crippen LogP contribution >= 0.6 is 0 Å². The fourth-order valence-electron chi connectivity index (χ4n) is 4.34. The number of aryl methyl sites for hydroxylation is 1. The lowest BCUT2D eigenvalue weighted by Gasteiger charge is -2.32. The molecule has 2 heterocycles. The van der Waals surface area contributed by atoms with Crippen molar-refractivity contribution in [2.75, 3.05) is 18.4 Å². The summed E-state index contributed by atoms with van der Waals surface area (Å²) < 4.78 is 1.96. The van der Waals surface area contributed by atoms with E-state index in [0.717, 1.165) is 37.1 Å². The van der Waals surface area contributed by atoms with Crippen LogP contribution in [-0.4, -0.2) is 39.6 Å². The van der Waals surface area contributed by atoms with Crippen LogP contribution in [0, 0.1) is 12.8 Å². The summed E-state index contributed by atoms with van der Waals surface area (Å²) in [6.45, 7) is 3.18. The average Bonchev–Trinajstić information content (AvgIpc) is 3.39. The number of nitrogens with one attached hydrogen (secondary N) is 1. The summed E-state index contributed by atoms with van der Waals surface area (Å²) in [6, 6.07) is 9.88. The highest BCUT2D eigenvalue weighted by atomic mass is 16.2. The molecule has 1 aliphatic heterocycles. The number of carbonyl (C=O) groups excluding carboxylic acids is 2. The summed E-state index contributed by atoms with van der Waals surface area (Å²) in [5.41, 5.74) is 1.82. The maximum atomic E-state index is 12.9. The van der Waals surface area contributed by atoms with Gasteiger partial charge < -0.3 is 10.2 Å². The van der Waals surface area contributed by atoms with Crippen molar-refractivity contribution in [1.82, 2.24) is 14.7 Å². The standard InChI is InChI=1S/C22H28N4O2/c1-16-8-10-17(11-9-16)22(28)25-14-4-5-18(15-25)21(27)24-20-12-13-23-26(20)19-6-2-3-7-19/h8-13,18-19H,2-7,14-15H2,1H3,(H,24,27). The molecule has 1 unspecified atom stereocenters. The second-order valence-electron chi connectivity index (χ2n) is 8.04. The molecule has 0 spiro atoms. The molecule has 1 atom stereocenters. The molecule has 1 aromatic heterocycles. The van der Waals surface area contributed by atoms with Crippen molar-refractivity contribution in [3.05, 3.63) is 47.7 Å². The molecule has 28 heavy (non-hydrogen) atoms. The van der Waals surface area contributed by atoms with Crippen LogP contribution in [0.2, 0.25) is 0 Å². The largest absolute Gasteiger partial charge is 0.338 e. The molecule has 1 aliphatic carbocycles. The number of carbonyl (C=O) groups is 2. The number of benzene rings is 1. The van der Waals surface area contributed by atoms with Crippen LogP contribution < -0.4 is 5.32 Å². The maximum absolute atomic E-state index is 12.9. The molecule has 6 nitrogen and oxygen atoms in total. The first kappa shape index (κ1) is 18.7. The quantitative estimate of drug-likeness (QED) is 0.877. The summed E-state index contributed by atoms with van der Waals surface area (Å²) in [4.78, 5) is 27.5. The van der Waals surface area contributed by atoms with Gasteiger partial charge in [-0.25, -0.2) is 4.68 Å². The van der Waals surface area contributed by atoms with Gasteiger partial charge in [-0.3, -0.25) is 9.59 Å². The van der Waals surface area contributed by atoms with Crippen LogP contribution in [0.4, 0.5) is 5.82 Å². The van der Waals surface area contributed by atoms with Crippen LogP contribution in [0.3, 0.4) is 0 Å². The van der Waals surface area contributed by atoms with Gasteiger partial charge in [0.2, 0.25) is 5.91 Å². The predicted octanol–water partition coefficient (Wildman–Crippen LogP) is 3.80. The number of likely N-dealkylation sites (tertiary alicyclic amines) is 1. The van der Waals surface area contributed by atoms with Crippen molar-refractivity contribution in [3.8, 4) is 0 Å². The monoisotopic (exact) mass is 380 g/mol. The summed E-state index contributed by atoms with van der Waals surface area (Å²) in [5.74, 6) is 0.587. The predicted molar refractivity (Wildman–Crippen MR) is 108 cm³/mol. The zero-order chi connectivity index (χ0) is 19.5. The SMILES string of the molecule is Cc1ccc(C(=O)N2CCCC(C(=O)Nc3ccnn3C3CCCC3)C2)cc1. The van der Waals surface area contributed by atoms with E-state index in [1.54, 1.807) is 6.20 Å². The number of nitrogens with zero attached hydrogens (tertiary/aromatic N) is 3. The van der Waals surface area contributed by atoms with Gasteiger partial charge in [0.1, 0.15) is 5.82 Å². The first-order valence-electron chi connectivity index (χ1n) is 10.3. The van der Waals surface area contributed by atoms with E-state index < -0.39 is 0 Å². The minimum Gasteiger partial charge on any atom is -0.338 e. The van der Waals surface area contributed by atoms with Gasteiger partial charge in [0.05, 0.1) is 18.2 Å². The molecule has 6 heteroatoms. The molecule has 2 aliphatic rings. The smallest absolute Gasteiger partial charge is 0.253 e. The highest BCUT2D eigenvalue weighted by Crippen LogP contribution is 2.31. The van der Waals surface area contributed by atoms with Crippen molar-refractivity contribution < 1.29 is 9.59 Å². The lowest BCUT2D eigenvalue weighted by Crippen LogP contribution is -2.44. The zero-order valence-corrected chi connectivity index (χ0v) is 16.4. The van der Waals surface area contributed by atoms with Gasteiger partial charge in [-0.05, 0) is 44.7 Å². The van der Waals surface area contributed by atoms with E-state index in [-0.39, 0.29) is 17.7 Å². The van der Waals surface area contributed by atoms with Crippen molar-refractivity contribution in [3.63, 3.8) is 0 Å². The molecular formula is C22H28N4O2. The Hall–Kier alpha value is -2.63. The van der Waals surface area contributed by atoms with Crippen molar-refractivity contribution in [2.45, 2.75) is 51.5 Å². The van der Waals surface area contributed by atoms with Crippen LogP contribution in [0.5, 0.6) is 0 Å². The summed E-state index contributed by atoms with van der Waals surface area (Å²) in [7, 11) is 0.